The lowest BCUT2D eigenvalue weighted by molar-refractivity contribution is -0.192. The second-order valence-electron chi connectivity index (χ2n) is 9.60. The van der Waals surface area contributed by atoms with Gasteiger partial charge in [0, 0.05) is 30.7 Å². The van der Waals surface area contributed by atoms with Gasteiger partial charge in [-0.15, -0.1) is 0 Å². The van der Waals surface area contributed by atoms with Crippen LogP contribution in [0.25, 0.3) is 5.69 Å². The zero-order valence-corrected chi connectivity index (χ0v) is 22.5. The number of urea groups is 1. The molecule has 1 aliphatic carbocycles. The smallest absolute Gasteiger partial charge is 0.475 e. The van der Waals surface area contributed by atoms with Crippen LogP contribution in [-0.4, -0.2) is 69.0 Å². The summed E-state index contributed by atoms with van der Waals surface area (Å²) in [5.74, 6) is -2.83. The van der Waals surface area contributed by atoms with Gasteiger partial charge in [-0.05, 0) is 56.0 Å². The molecule has 2 aliphatic rings. The van der Waals surface area contributed by atoms with Gasteiger partial charge >= 0.3 is 18.2 Å². The molecule has 1 aliphatic heterocycles. The molecule has 0 spiro atoms. The Balaban J connectivity index is 0.000000493. The predicted octanol–water partition coefficient (Wildman–Crippen LogP) is 5.16. The Morgan fingerprint density at radius 1 is 0.976 bits per heavy atom. The normalized spacial score (nSPS) is 15.8. The van der Waals surface area contributed by atoms with Crippen LogP contribution in [0.4, 0.5) is 29.3 Å². The summed E-state index contributed by atoms with van der Waals surface area (Å²) in [6.45, 7) is 2.12. The van der Waals surface area contributed by atoms with Gasteiger partial charge in [-0.1, -0.05) is 29.8 Å². The number of piperidine rings is 1. The lowest BCUT2D eigenvalue weighted by atomic mass is 10.0. The summed E-state index contributed by atoms with van der Waals surface area (Å²) in [6.07, 6.45) is 2.78. The Hall–Kier alpha value is -4.10. The summed E-state index contributed by atoms with van der Waals surface area (Å²) in [7, 11) is 0. The number of nitrogens with one attached hydrogen (secondary N) is 3. The number of para-hydroxylation sites is 1. The summed E-state index contributed by atoms with van der Waals surface area (Å²) < 4.78 is 33.4. The number of alkyl halides is 3. The number of nitrogens with zero attached hydrogens (tertiary/aromatic N) is 3. The number of halogens is 4. The van der Waals surface area contributed by atoms with Crippen molar-refractivity contribution in [1.82, 2.24) is 20.0 Å². The second kappa shape index (κ2) is 13.0. The van der Waals surface area contributed by atoms with E-state index < -0.39 is 18.2 Å². The van der Waals surface area contributed by atoms with Crippen molar-refractivity contribution in [3.8, 4) is 5.69 Å². The maximum atomic E-state index is 12.8. The maximum Gasteiger partial charge on any atom is 0.490 e. The molecule has 5 rings (SSSR count). The number of carbonyl (C=O) groups excluding carboxylic acids is 2. The predicted molar refractivity (Wildman–Crippen MR) is 146 cm³/mol. The number of carboxylic acid groups (broad SMARTS) is 1. The van der Waals surface area contributed by atoms with Crippen molar-refractivity contribution < 1.29 is 32.7 Å². The highest BCUT2D eigenvalue weighted by molar-refractivity contribution is 6.33. The average Bonchev–Trinajstić information content (AvgIpc) is 3.68. The van der Waals surface area contributed by atoms with E-state index in [1.807, 2.05) is 12.1 Å². The standard InChI is InChI=1S/C25H27ClN6O2.C2HF3O2/c26-22-6-1-2-7-23(22)30-25(34)29-19-15-27-32(16-19)21-5-3-4-17(14-21)24(33)28-18-10-12-31(13-11-18)20-8-9-20;3-2(4,5)1(6)7/h1-7,14-16,18,20H,8-13H2,(H,28,33)(H2,29,30,34);(H,6,7). The van der Waals surface area contributed by atoms with Gasteiger partial charge in [-0.25, -0.2) is 14.3 Å². The molecule has 0 unspecified atom stereocenters. The van der Waals surface area contributed by atoms with E-state index in [1.165, 1.54) is 12.8 Å². The minimum absolute atomic E-state index is 0.0728. The number of aromatic nitrogens is 2. The fourth-order valence-electron chi connectivity index (χ4n) is 4.28. The van der Waals surface area contributed by atoms with Crippen LogP contribution in [0, 0.1) is 0 Å². The quantitative estimate of drug-likeness (QED) is 0.313. The van der Waals surface area contributed by atoms with Crippen LogP contribution in [0.1, 0.15) is 36.0 Å². The summed E-state index contributed by atoms with van der Waals surface area (Å²) >= 11 is 6.08. The molecule has 41 heavy (non-hydrogen) atoms. The zero-order chi connectivity index (χ0) is 29.6. The molecular weight excluding hydrogens is 565 g/mol. The van der Waals surface area contributed by atoms with Crippen molar-refractivity contribution in [2.24, 2.45) is 0 Å². The molecule has 2 fully saturated rings. The largest absolute Gasteiger partial charge is 0.490 e. The van der Waals surface area contributed by atoms with Gasteiger partial charge in [-0.3, -0.25) is 4.79 Å². The Kier molecular flexibility index (Phi) is 9.50. The number of amides is 3. The van der Waals surface area contributed by atoms with E-state index in [2.05, 4.69) is 25.9 Å². The van der Waals surface area contributed by atoms with Crippen LogP contribution >= 0.6 is 11.6 Å². The minimum Gasteiger partial charge on any atom is -0.475 e. The summed E-state index contributed by atoms with van der Waals surface area (Å²) in [6, 6.07) is 14.9. The summed E-state index contributed by atoms with van der Waals surface area (Å²) in [5, 5.41) is 20.5. The molecule has 1 saturated carbocycles. The van der Waals surface area contributed by atoms with Gasteiger partial charge in [0.15, 0.2) is 0 Å². The molecule has 4 N–H and O–H groups in total. The molecule has 3 amide bonds. The third-order valence-corrected chi connectivity index (χ3v) is 6.84. The van der Waals surface area contributed by atoms with Crippen molar-refractivity contribution in [2.45, 2.75) is 43.9 Å². The lowest BCUT2D eigenvalue weighted by Crippen LogP contribution is -2.45. The van der Waals surface area contributed by atoms with E-state index in [0.29, 0.717) is 22.0 Å². The Morgan fingerprint density at radius 2 is 1.66 bits per heavy atom. The van der Waals surface area contributed by atoms with Crippen LogP contribution in [0.15, 0.2) is 60.9 Å². The van der Waals surface area contributed by atoms with Gasteiger partial charge in [0.05, 0.1) is 34.5 Å². The maximum absolute atomic E-state index is 12.8. The lowest BCUT2D eigenvalue weighted by Gasteiger charge is -2.32. The fourth-order valence-corrected chi connectivity index (χ4v) is 4.47. The van der Waals surface area contributed by atoms with E-state index in [-0.39, 0.29) is 11.9 Å². The number of carboxylic acids is 1. The molecule has 3 aromatic rings. The SMILES string of the molecule is O=C(Nc1cnn(-c2cccc(C(=O)NC3CCN(C4CC4)CC3)c2)c1)Nc1ccccc1Cl.O=C(O)C(F)(F)F. The second-order valence-corrected chi connectivity index (χ2v) is 10.0. The average molecular weight is 593 g/mol. The van der Waals surface area contributed by atoms with E-state index in [4.69, 9.17) is 21.5 Å². The van der Waals surface area contributed by atoms with E-state index in [1.54, 1.807) is 53.5 Å². The van der Waals surface area contributed by atoms with Crippen LogP contribution in [0.5, 0.6) is 0 Å². The number of aliphatic carboxylic acids is 1. The molecule has 0 radical (unpaired) electrons. The topological polar surface area (TPSA) is 129 Å². The first kappa shape index (κ1) is 29.9. The number of hydrogen-bond acceptors (Lipinski definition) is 5. The number of anilines is 2. The van der Waals surface area contributed by atoms with Crippen molar-refractivity contribution in [3.63, 3.8) is 0 Å². The molecule has 0 bridgehead atoms. The van der Waals surface area contributed by atoms with Gasteiger partial charge in [0.25, 0.3) is 5.91 Å². The van der Waals surface area contributed by atoms with Crippen LogP contribution in [0.2, 0.25) is 5.02 Å². The molecular formula is C27H28ClF3N6O4. The van der Waals surface area contributed by atoms with Crippen LogP contribution in [0.3, 0.4) is 0 Å². The Bertz CT molecular complexity index is 1390. The fraction of sp³-hybridized carbons (Fsp3) is 0.333. The first-order valence-corrected chi connectivity index (χ1v) is 13.2. The zero-order valence-electron chi connectivity index (χ0n) is 21.7. The first-order chi connectivity index (χ1) is 19.5. The van der Waals surface area contributed by atoms with E-state index in [0.717, 1.165) is 37.7 Å². The molecule has 0 atom stereocenters. The van der Waals surface area contributed by atoms with Gasteiger partial charge < -0.3 is 26.0 Å². The van der Waals surface area contributed by atoms with Crippen LogP contribution < -0.4 is 16.0 Å². The molecule has 218 valence electrons. The van der Waals surface area contributed by atoms with Gasteiger partial charge in [-0.2, -0.15) is 18.3 Å². The number of benzene rings is 2. The highest BCUT2D eigenvalue weighted by atomic mass is 35.5. The van der Waals surface area contributed by atoms with Crippen molar-refractivity contribution in [3.05, 3.63) is 71.5 Å². The van der Waals surface area contributed by atoms with Crippen LogP contribution in [-0.2, 0) is 4.79 Å². The highest BCUT2D eigenvalue weighted by Gasteiger charge is 2.38. The molecule has 1 saturated heterocycles. The summed E-state index contributed by atoms with van der Waals surface area (Å²) in [4.78, 5) is 36.6. The highest BCUT2D eigenvalue weighted by Crippen LogP contribution is 2.29. The molecule has 2 aromatic carbocycles. The molecule has 14 heteroatoms. The first-order valence-electron chi connectivity index (χ1n) is 12.8. The minimum atomic E-state index is -5.08. The van der Waals surface area contributed by atoms with E-state index >= 15 is 0 Å². The summed E-state index contributed by atoms with van der Waals surface area (Å²) in [5.41, 5.74) is 2.35. The third kappa shape index (κ3) is 8.69. The van der Waals surface area contributed by atoms with Crippen molar-refractivity contribution in [2.75, 3.05) is 23.7 Å². The Morgan fingerprint density at radius 3 is 2.29 bits per heavy atom. The number of carbonyl (C=O) groups is 3. The monoisotopic (exact) mass is 592 g/mol. The third-order valence-electron chi connectivity index (χ3n) is 6.51. The van der Waals surface area contributed by atoms with Gasteiger partial charge in [0.2, 0.25) is 0 Å². The molecule has 10 nitrogen and oxygen atoms in total. The number of hydrogen-bond donors (Lipinski definition) is 4. The van der Waals surface area contributed by atoms with E-state index in [9.17, 15) is 22.8 Å². The number of rotatable bonds is 6. The Labute approximate surface area is 238 Å². The van der Waals surface area contributed by atoms with Crippen molar-refractivity contribution >= 4 is 40.9 Å². The van der Waals surface area contributed by atoms with Crippen molar-refractivity contribution in [1.29, 1.82) is 0 Å². The van der Waals surface area contributed by atoms with Gasteiger partial charge in [0.1, 0.15) is 0 Å². The number of likely N-dealkylation sites (tertiary alicyclic amines) is 1. The molecule has 2 heterocycles. The molecule has 1 aromatic heterocycles.